The van der Waals surface area contributed by atoms with Crippen molar-refractivity contribution in [1.82, 2.24) is 14.9 Å². The molecule has 2 fully saturated rings. The number of piperidine rings is 1. The average molecular weight is 346 g/mol. The Labute approximate surface area is 139 Å². The summed E-state index contributed by atoms with van der Waals surface area (Å²) in [5, 5.41) is 6.67. The molecule has 1 unspecified atom stereocenters. The van der Waals surface area contributed by atoms with Gasteiger partial charge in [0.2, 0.25) is 10.0 Å². The molecule has 2 aliphatic heterocycles. The first kappa shape index (κ1) is 18.5. The maximum atomic E-state index is 11.5. The number of rotatable bonds is 6. The Morgan fingerprint density at radius 2 is 1.96 bits per heavy atom. The zero-order valence-electron chi connectivity index (χ0n) is 14.3. The van der Waals surface area contributed by atoms with E-state index in [1.54, 1.807) is 4.31 Å². The molecular formula is C15H30N4O3S. The molecule has 2 heterocycles. The molecule has 0 saturated carbocycles. The Kier molecular flexibility index (Phi) is 7.10. The van der Waals surface area contributed by atoms with Gasteiger partial charge in [-0.25, -0.2) is 12.7 Å². The van der Waals surface area contributed by atoms with Crippen molar-refractivity contribution in [2.45, 2.75) is 26.2 Å². The Hall–Kier alpha value is -0.860. The van der Waals surface area contributed by atoms with Gasteiger partial charge in [0.1, 0.15) is 0 Å². The highest BCUT2D eigenvalue weighted by Gasteiger charge is 2.24. The second kappa shape index (κ2) is 8.84. The highest BCUT2D eigenvalue weighted by Crippen LogP contribution is 2.18. The maximum absolute atomic E-state index is 11.5. The number of nitrogens with one attached hydrogen (secondary N) is 2. The van der Waals surface area contributed by atoms with Crippen LogP contribution in [0.4, 0.5) is 0 Å². The van der Waals surface area contributed by atoms with Gasteiger partial charge in [0, 0.05) is 45.2 Å². The van der Waals surface area contributed by atoms with Crippen molar-refractivity contribution in [2.75, 3.05) is 52.2 Å². The lowest BCUT2D eigenvalue weighted by Gasteiger charge is -2.30. The monoisotopic (exact) mass is 346 g/mol. The van der Waals surface area contributed by atoms with Crippen LogP contribution in [0.5, 0.6) is 0 Å². The summed E-state index contributed by atoms with van der Waals surface area (Å²) >= 11 is 0. The zero-order chi connectivity index (χ0) is 16.7. The third-order valence-corrected chi connectivity index (χ3v) is 5.78. The van der Waals surface area contributed by atoms with Crippen LogP contribution in [0.1, 0.15) is 26.2 Å². The standard InChI is InChI=1S/C15H30N4O3S/c1-3-16-15(18-11-14-6-9-22-12-14)17-10-13-4-7-19(8-5-13)23(2,20)21/h13-14H,3-12H2,1-2H3,(H2,16,17,18). The fourth-order valence-electron chi connectivity index (χ4n) is 2.98. The molecular weight excluding hydrogens is 316 g/mol. The van der Waals surface area contributed by atoms with Gasteiger partial charge in [0.25, 0.3) is 0 Å². The Balaban J connectivity index is 1.74. The molecule has 8 heteroatoms. The van der Waals surface area contributed by atoms with E-state index in [2.05, 4.69) is 22.5 Å². The van der Waals surface area contributed by atoms with Crippen LogP contribution >= 0.6 is 0 Å². The van der Waals surface area contributed by atoms with Crippen LogP contribution in [0.3, 0.4) is 0 Å². The largest absolute Gasteiger partial charge is 0.381 e. The summed E-state index contributed by atoms with van der Waals surface area (Å²) in [5.74, 6) is 1.88. The van der Waals surface area contributed by atoms with Crippen molar-refractivity contribution in [3.63, 3.8) is 0 Å². The van der Waals surface area contributed by atoms with E-state index < -0.39 is 10.0 Å². The van der Waals surface area contributed by atoms with E-state index in [1.165, 1.54) is 6.26 Å². The Morgan fingerprint density at radius 3 is 2.52 bits per heavy atom. The first-order chi connectivity index (χ1) is 11.0. The van der Waals surface area contributed by atoms with Crippen molar-refractivity contribution in [1.29, 1.82) is 0 Å². The van der Waals surface area contributed by atoms with Crippen LogP contribution in [0.15, 0.2) is 4.99 Å². The van der Waals surface area contributed by atoms with Crippen molar-refractivity contribution < 1.29 is 13.2 Å². The molecule has 0 aromatic heterocycles. The van der Waals surface area contributed by atoms with E-state index >= 15 is 0 Å². The molecule has 0 radical (unpaired) electrons. The van der Waals surface area contributed by atoms with Gasteiger partial charge < -0.3 is 15.4 Å². The highest BCUT2D eigenvalue weighted by atomic mass is 32.2. The van der Waals surface area contributed by atoms with Crippen LogP contribution in [-0.4, -0.2) is 70.9 Å². The van der Waals surface area contributed by atoms with Crippen molar-refractivity contribution in [3.8, 4) is 0 Å². The molecule has 0 aromatic rings. The zero-order valence-corrected chi connectivity index (χ0v) is 15.1. The number of sulfonamides is 1. The minimum Gasteiger partial charge on any atom is -0.381 e. The topological polar surface area (TPSA) is 83.0 Å². The Bertz CT molecular complexity index is 481. The maximum Gasteiger partial charge on any atom is 0.211 e. The van der Waals surface area contributed by atoms with Crippen molar-refractivity contribution in [2.24, 2.45) is 16.8 Å². The summed E-state index contributed by atoms with van der Waals surface area (Å²) in [4.78, 5) is 4.64. The van der Waals surface area contributed by atoms with Crippen molar-refractivity contribution >= 4 is 16.0 Å². The van der Waals surface area contributed by atoms with Crippen LogP contribution in [-0.2, 0) is 14.8 Å². The van der Waals surface area contributed by atoms with Crippen LogP contribution < -0.4 is 10.6 Å². The van der Waals surface area contributed by atoms with Gasteiger partial charge in [-0.2, -0.15) is 0 Å². The summed E-state index contributed by atoms with van der Waals surface area (Å²) in [6, 6.07) is 0. The lowest BCUT2D eigenvalue weighted by Crippen LogP contribution is -2.44. The van der Waals surface area contributed by atoms with E-state index in [4.69, 9.17) is 4.74 Å². The van der Waals surface area contributed by atoms with E-state index in [9.17, 15) is 8.42 Å². The number of guanidine groups is 1. The summed E-state index contributed by atoms with van der Waals surface area (Å²) < 4.78 is 30.0. The normalized spacial score (nSPS) is 24.8. The van der Waals surface area contributed by atoms with Crippen LogP contribution in [0.2, 0.25) is 0 Å². The van der Waals surface area contributed by atoms with Gasteiger partial charge in [-0.1, -0.05) is 0 Å². The first-order valence-corrected chi connectivity index (χ1v) is 10.4. The minimum atomic E-state index is -3.04. The summed E-state index contributed by atoms with van der Waals surface area (Å²) in [6.45, 7) is 7.43. The van der Waals surface area contributed by atoms with E-state index in [0.29, 0.717) is 24.9 Å². The molecule has 0 amide bonds. The van der Waals surface area contributed by atoms with Crippen LogP contribution in [0.25, 0.3) is 0 Å². The molecule has 0 aliphatic carbocycles. The second-order valence-electron chi connectivity index (χ2n) is 6.44. The molecule has 2 saturated heterocycles. The Morgan fingerprint density at radius 1 is 1.22 bits per heavy atom. The van der Waals surface area contributed by atoms with Crippen LogP contribution in [0, 0.1) is 11.8 Å². The summed E-state index contributed by atoms with van der Waals surface area (Å²) in [5.41, 5.74) is 0. The number of ether oxygens (including phenoxy) is 1. The SMILES string of the molecule is CCNC(=NCC1CCOC1)NCC1CCN(S(C)(=O)=O)CC1. The van der Waals surface area contributed by atoms with E-state index in [0.717, 1.165) is 58.1 Å². The van der Waals surface area contributed by atoms with Crippen molar-refractivity contribution in [3.05, 3.63) is 0 Å². The molecule has 7 nitrogen and oxygen atoms in total. The first-order valence-electron chi connectivity index (χ1n) is 8.54. The number of hydrogen-bond acceptors (Lipinski definition) is 4. The fraction of sp³-hybridized carbons (Fsp3) is 0.933. The minimum absolute atomic E-state index is 0.492. The van der Waals surface area contributed by atoms with Gasteiger partial charge in [-0.15, -0.1) is 0 Å². The van der Waals surface area contributed by atoms with Gasteiger partial charge in [0.15, 0.2) is 5.96 Å². The van der Waals surface area contributed by atoms with Gasteiger partial charge in [-0.3, -0.25) is 4.99 Å². The number of hydrogen-bond donors (Lipinski definition) is 2. The average Bonchev–Trinajstić information content (AvgIpc) is 3.03. The van der Waals surface area contributed by atoms with E-state index in [-0.39, 0.29) is 0 Å². The van der Waals surface area contributed by atoms with E-state index in [1.807, 2.05) is 0 Å². The molecule has 0 bridgehead atoms. The fourth-order valence-corrected chi connectivity index (χ4v) is 3.85. The predicted octanol–water partition coefficient (Wildman–Crippen LogP) is 0.250. The lowest BCUT2D eigenvalue weighted by atomic mass is 9.98. The molecule has 0 spiro atoms. The molecule has 0 aromatic carbocycles. The predicted molar refractivity (Wildman–Crippen MR) is 92.0 cm³/mol. The lowest BCUT2D eigenvalue weighted by molar-refractivity contribution is 0.187. The molecule has 2 rings (SSSR count). The molecule has 2 N–H and O–H groups in total. The molecule has 2 aliphatic rings. The molecule has 23 heavy (non-hydrogen) atoms. The summed E-state index contributed by atoms with van der Waals surface area (Å²) in [6.07, 6.45) is 4.17. The number of nitrogens with zero attached hydrogens (tertiary/aromatic N) is 2. The second-order valence-corrected chi connectivity index (χ2v) is 8.42. The quantitative estimate of drug-likeness (QED) is 0.532. The smallest absolute Gasteiger partial charge is 0.211 e. The highest BCUT2D eigenvalue weighted by molar-refractivity contribution is 7.88. The van der Waals surface area contributed by atoms with Gasteiger partial charge in [-0.05, 0) is 32.1 Å². The summed E-state index contributed by atoms with van der Waals surface area (Å²) in [7, 11) is -3.04. The third-order valence-electron chi connectivity index (χ3n) is 4.48. The van der Waals surface area contributed by atoms with Gasteiger partial charge >= 0.3 is 0 Å². The molecule has 134 valence electrons. The number of aliphatic imine (C=N–C) groups is 1. The molecule has 1 atom stereocenters. The third kappa shape index (κ3) is 6.27. The van der Waals surface area contributed by atoms with Gasteiger partial charge in [0.05, 0.1) is 12.9 Å².